The van der Waals surface area contributed by atoms with Gasteiger partial charge >= 0.3 is 0 Å². The topological polar surface area (TPSA) is 44.8 Å². The van der Waals surface area contributed by atoms with Crippen LogP contribution in [0.3, 0.4) is 0 Å². The monoisotopic (exact) mass is 374 g/mol. The summed E-state index contributed by atoms with van der Waals surface area (Å²) in [6.07, 6.45) is 3.28. The molecule has 0 fully saturated rings. The molecule has 4 nitrogen and oxygen atoms in total. The fraction of sp³-hybridized carbons (Fsp3) is 0.125. The van der Waals surface area contributed by atoms with E-state index in [4.69, 9.17) is 14.2 Å². The van der Waals surface area contributed by atoms with E-state index in [-0.39, 0.29) is 5.78 Å². The van der Waals surface area contributed by atoms with Gasteiger partial charge < -0.3 is 14.2 Å². The Morgan fingerprint density at radius 3 is 2.29 bits per heavy atom. The third kappa shape index (κ3) is 4.80. The SMILES string of the molecule is COc1ccc(/C=C/C(=O)c2ccccc2OCc2ccccc2)cc1OC. The van der Waals surface area contributed by atoms with Crippen LogP contribution in [0, 0.1) is 0 Å². The van der Waals surface area contributed by atoms with Crippen LogP contribution in [0.5, 0.6) is 17.2 Å². The number of carbonyl (C=O) groups excluding carboxylic acids is 1. The smallest absolute Gasteiger partial charge is 0.189 e. The second-order valence-corrected chi connectivity index (χ2v) is 6.08. The fourth-order valence-corrected chi connectivity index (χ4v) is 2.75. The van der Waals surface area contributed by atoms with E-state index in [0.717, 1.165) is 11.1 Å². The van der Waals surface area contributed by atoms with Crippen molar-refractivity contribution in [1.29, 1.82) is 0 Å². The van der Waals surface area contributed by atoms with Gasteiger partial charge in [0, 0.05) is 0 Å². The number of hydrogen-bond donors (Lipinski definition) is 0. The van der Waals surface area contributed by atoms with E-state index in [9.17, 15) is 4.79 Å². The summed E-state index contributed by atoms with van der Waals surface area (Å²) in [4.78, 5) is 12.7. The third-order valence-electron chi connectivity index (χ3n) is 4.22. The molecule has 28 heavy (non-hydrogen) atoms. The maximum Gasteiger partial charge on any atom is 0.189 e. The lowest BCUT2D eigenvalue weighted by Crippen LogP contribution is -2.02. The minimum Gasteiger partial charge on any atom is -0.493 e. The molecule has 0 amide bonds. The molecule has 0 heterocycles. The lowest BCUT2D eigenvalue weighted by Gasteiger charge is -2.10. The summed E-state index contributed by atoms with van der Waals surface area (Å²) in [6.45, 7) is 0.407. The number of carbonyl (C=O) groups is 1. The van der Waals surface area contributed by atoms with Gasteiger partial charge in [-0.15, -0.1) is 0 Å². The zero-order chi connectivity index (χ0) is 19.8. The average Bonchev–Trinajstić information content (AvgIpc) is 2.76. The Kier molecular flexibility index (Phi) is 6.47. The number of ether oxygens (including phenoxy) is 3. The van der Waals surface area contributed by atoms with Crippen molar-refractivity contribution in [2.24, 2.45) is 0 Å². The van der Waals surface area contributed by atoms with Crippen LogP contribution in [0.1, 0.15) is 21.5 Å². The zero-order valence-corrected chi connectivity index (χ0v) is 15.9. The Morgan fingerprint density at radius 1 is 0.821 bits per heavy atom. The Balaban J connectivity index is 1.75. The molecular weight excluding hydrogens is 352 g/mol. The molecular formula is C24H22O4. The first kappa shape index (κ1) is 19.2. The van der Waals surface area contributed by atoms with Crippen LogP contribution in [0.4, 0.5) is 0 Å². The maximum absolute atomic E-state index is 12.7. The van der Waals surface area contributed by atoms with Gasteiger partial charge in [-0.25, -0.2) is 0 Å². The van der Waals surface area contributed by atoms with Crippen molar-refractivity contribution in [1.82, 2.24) is 0 Å². The number of allylic oxidation sites excluding steroid dienone is 1. The Hall–Kier alpha value is -3.53. The lowest BCUT2D eigenvalue weighted by molar-refractivity contribution is 0.104. The van der Waals surface area contributed by atoms with E-state index < -0.39 is 0 Å². The Morgan fingerprint density at radius 2 is 1.54 bits per heavy atom. The molecule has 0 aliphatic carbocycles. The van der Waals surface area contributed by atoms with E-state index in [1.807, 2.05) is 54.6 Å². The summed E-state index contributed by atoms with van der Waals surface area (Å²) in [5, 5.41) is 0. The van der Waals surface area contributed by atoms with Crippen molar-refractivity contribution in [3.05, 3.63) is 95.6 Å². The molecule has 0 aliphatic heterocycles. The van der Waals surface area contributed by atoms with Gasteiger partial charge in [0.25, 0.3) is 0 Å². The molecule has 0 radical (unpaired) electrons. The van der Waals surface area contributed by atoms with Crippen LogP contribution < -0.4 is 14.2 Å². The number of hydrogen-bond acceptors (Lipinski definition) is 4. The van der Waals surface area contributed by atoms with Crippen molar-refractivity contribution in [3.63, 3.8) is 0 Å². The molecule has 3 rings (SSSR count). The predicted octanol–water partition coefficient (Wildman–Crippen LogP) is 5.18. The van der Waals surface area contributed by atoms with Crippen LogP contribution >= 0.6 is 0 Å². The third-order valence-corrected chi connectivity index (χ3v) is 4.22. The minimum atomic E-state index is -0.126. The molecule has 0 aliphatic rings. The first-order valence-electron chi connectivity index (χ1n) is 8.91. The highest BCUT2D eigenvalue weighted by atomic mass is 16.5. The largest absolute Gasteiger partial charge is 0.493 e. The highest BCUT2D eigenvalue weighted by Gasteiger charge is 2.10. The maximum atomic E-state index is 12.7. The van der Waals surface area contributed by atoms with E-state index in [1.165, 1.54) is 6.08 Å². The summed E-state index contributed by atoms with van der Waals surface area (Å²) in [5.41, 5.74) is 2.41. The second-order valence-electron chi connectivity index (χ2n) is 6.08. The zero-order valence-electron chi connectivity index (χ0n) is 15.9. The Bertz CT molecular complexity index is 961. The molecule has 3 aromatic carbocycles. The van der Waals surface area contributed by atoms with Gasteiger partial charge in [0.05, 0.1) is 19.8 Å². The summed E-state index contributed by atoms with van der Waals surface area (Å²) in [7, 11) is 3.17. The first-order chi connectivity index (χ1) is 13.7. The highest BCUT2D eigenvalue weighted by Crippen LogP contribution is 2.28. The van der Waals surface area contributed by atoms with Gasteiger partial charge in [-0.05, 0) is 41.5 Å². The van der Waals surface area contributed by atoms with Gasteiger partial charge in [-0.3, -0.25) is 4.79 Å². The molecule has 0 saturated heterocycles. The Labute approximate surface area is 165 Å². The van der Waals surface area contributed by atoms with E-state index in [1.54, 1.807) is 38.5 Å². The number of ketones is 1. The number of benzene rings is 3. The summed E-state index contributed by atoms with van der Waals surface area (Å²) >= 11 is 0. The first-order valence-corrected chi connectivity index (χ1v) is 8.91. The predicted molar refractivity (Wildman–Crippen MR) is 110 cm³/mol. The van der Waals surface area contributed by atoms with E-state index in [2.05, 4.69) is 0 Å². The molecule has 0 atom stereocenters. The van der Waals surface area contributed by atoms with Crippen LogP contribution in [0.15, 0.2) is 78.9 Å². The molecule has 0 spiro atoms. The van der Waals surface area contributed by atoms with Crippen molar-refractivity contribution in [2.75, 3.05) is 14.2 Å². The number of para-hydroxylation sites is 1. The average molecular weight is 374 g/mol. The van der Waals surface area contributed by atoms with Crippen LogP contribution in [-0.2, 0) is 6.61 Å². The standard InChI is InChI=1S/C24H22O4/c1-26-23-15-13-18(16-24(23)27-2)12-14-21(25)20-10-6-7-11-22(20)28-17-19-8-4-3-5-9-19/h3-16H,17H2,1-2H3/b14-12+. The van der Waals surface area contributed by atoms with Crippen LogP contribution in [0.25, 0.3) is 6.08 Å². The molecule has 0 N–H and O–H groups in total. The summed E-state index contributed by atoms with van der Waals surface area (Å²) in [5.74, 6) is 1.70. The quantitative estimate of drug-likeness (QED) is 0.403. The molecule has 0 unspecified atom stereocenters. The lowest BCUT2D eigenvalue weighted by atomic mass is 10.1. The minimum absolute atomic E-state index is 0.126. The molecule has 142 valence electrons. The van der Waals surface area contributed by atoms with Crippen LogP contribution in [-0.4, -0.2) is 20.0 Å². The molecule has 0 aromatic heterocycles. The molecule has 0 bridgehead atoms. The molecule has 0 saturated carbocycles. The van der Waals surface area contributed by atoms with Gasteiger partial charge in [0.15, 0.2) is 17.3 Å². The van der Waals surface area contributed by atoms with E-state index in [0.29, 0.717) is 29.4 Å². The highest BCUT2D eigenvalue weighted by molar-refractivity contribution is 6.08. The molecule has 3 aromatic rings. The fourth-order valence-electron chi connectivity index (χ4n) is 2.75. The van der Waals surface area contributed by atoms with Crippen molar-refractivity contribution in [3.8, 4) is 17.2 Å². The second kappa shape index (κ2) is 9.42. The number of rotatable bonds is 8. The number of methoxy groups -OCH3 is 2. The molecule has 4 heteroatoms. The van der Waals surface area contributed by atoms with Gasteiger partial charge in [-0.1, -0.05) is 54.6 Å². The van der Waals surface area contributed by atoms with Gasteiger partial charge in [-0.2, -0.15) is 0 Å². The normalized spacial score (nSPS) is 10.6. The van der Waals surface area contributed by atoms with Gasteiger partial charge in [0.2, 0.25) is 0 Å². The summed E-state index contributed by atoms with van der Waals surface area (Å²) in [6, 6.07) is 22.6. The van der Waals surface area contributed by atoms with Crippen molar-refractivity contribution in [2.45, 2.75) is 6.61 Å². The summed E-state index contributed by atoms with van der Waals surface area (Å²) < 4.78 is 16.4. The van der Waals surface area contributed by atoms with Gasteiger partial charge in [0.1, 0.15) is 12.4 Å². The van der Waals surface area contributed by atoms with Crippen molar-refractivity contribution < 1.29 is 19.0 Å². The van der Waals surface area contributed by atoms with Crippen LogP contribution in [0.2, 0.25) is 0 Å². The van der Waals surface area contributed by atoms with E-state index >= 15 is 0 Å². The van der Waals surface area contributed by atoms with Crippen molar-refractivity contribution >= 4 is 11.9 Å².